The Morgan fingerprint density at radius 1 is 1.37 bits per heavy atom. The summed E-state index contributed by atoms with van der Waals surface area (Å²) < 4.78 is 2.05. The van der Waals surface area contributed by atoms with Crippen LogP contribution in [0, 0.1) is 12.8 Å². The van der Waals surface area contributed by atoms with Gasteiger partial charge in [-0.25, -0.2) is 0 Å². The van der Waals surface area contributed by atoms with Crippen LogP contribution in [-0.2, 0) is 13.6 Å². The molecule has 1 aromatic heterocycles. The lowest BCUT2D eigenvalue weighted by molar-refractivity contribution is 0.424. The molecule has 1 aromatic rings. The summed E-state index contributed by atoms with van der Waals surface area (Å²) in [5.41, 5.74) is 2.64. The number of anilines is 1. The Kier molecular flexibility index (Phi) is 3.90. The van der Waals surface area contributed by atoms with Crippen molar-refractivity contribution >= 4 is 5.82 Å². The zero-order chi connectivity index (χ0) is 14.2. The van der Waals surface area contributed by atoms with E-state index in [0.29, 0.717) is 0 Å². The van der Waals surface area contributed by atoms with Gasteiger partial charge in [0.25, 0.3) is 0 Å². The molecule has 2 heterocycles. The van der Waals surface area contributed by atoms with Gasteiger partial charge in [0.15, 0.2) is 0 Å². The highest BCUT2D eigenvalue weighted by molar-refractivity contribution is 5.51. The Labute approximate surface area is 117 Å². The predicted octanol–water partition coefficient (Wildman–Crippen LogP) is 2.46. The SMILES string of the molecule is Cc1nn(C)c(N2CCC(C)C2)c1CNC(C)(C)C. The van der Waals surface area contributed by atoms with Crippen molar-refractivity contribution in [2.45, 2.75) is 53.1 Å². The standard InChI is InChI=1S/C15H28N4/c1-11-7-8-19(10-11)14-13(9-16-15(3,4)5)12(2)17-18(14)6/h11,16H,7-10H2,1-6H3. The van der Waals surface area contributed by atoms with Crippen molar-refractivity contribution in [3.8, 4) is 0 Å². The summed E-state index contributed by atoms with van der Waals surface area (Å²) >= 11 is 0. The Balaban J connectivity index is 2.22. The third-order valence-electron chi connectivity index (χ3n) is 3.83. The number of aromatic nitrogens is 2. The smallest absolute Gasteiger partial charge is 0.131 e. The lowest BCUT2D eigenvalue weighted by atomic mass is 10.1. The molecular formula is C15H28N4. The highest BCUT2D eigenvalue weighted by atomic mass is 15.4. The minimum absolute atomic E-state index is 0.137. The van der Waals surface area contributed by atoms with Gasteiger partial charge >= 0.3 is 0 Å². The Morgan fingerprint density at radius 2 is 2.05 bits per heavy atom. The maximum atomic E-state index is 4.62. The summed E-state index contributed by atoms with van der Waals surface area (Å²) in [6.07, 6.45) is 1.29. The summed E-state index contributed by atoms with van der Waals surface area (Å²) in [7, 11) is 2.06. The van der Waals surface area contributed by atoms with Crippen LogP contribution in [0.15, 0.2) is 0 Å². The van der Waals surface area contributed by atoms with E-state index in [4.69, 9.17) is 0 Å². The second-order valence-electron chi connectivity index (χ2n) is 6.95. The number of nitrogens with zero attached hydrogens (tertiary/aromatic N) is 3. The van der Waals surface area contributed by atoms with Gasteiger partial charge in [-0.15, -0.1) is 0 Å². The lowest BCUT2D eigenvalue weighted by Crippen LogP contribution is -2.35. The molecule has 0 spiro atoms. The average Bonchev–Trinajstić information content (AvgIpc) is 2.78. The van der Waals surface area contributed by atoms with Gasteiger partial charge in [0.05, 0.1) is 5.69 Å². The predicted molar refractivity (Wildman–Crippen MR) is 80.5 cm³/mol. The fourth-order valence-corrected chi connectivity index (χ4v) is 2.77. The van der Waals surface area contributed by atoms with Crippen molar-refractivity contribution in [1.29, 1.82) is 0 Å². The van der Waals surface area contributed by atoms with Crippen molar-refractivity contribution in [2.24, 2.45) is 13.0 Å². The maximum absolute atomic E-state index is 4.62. The van der Waals surface area contributed by atoms with Gasteiger partial charge < -0.3 is 10.2 Å². The van der Waals surface area contributed by atoms with Gasteiger partial charge in [0.1, 0.15) is 5.82 Å². The number of hydrogen-bond acceptors (Lipinski definition) is 3. The fourth-order valence-electron chi connectivity index (χ4n) is 2.77. The molecule has 0 aromatic carbocycles. The number of aryl methyl sites for hydroxylation is 2. The molecule has 1 unspecified atom stereocenters. The lowest BCUT2D eigenvalue weighted by Gasteiger charge is -2.24. The first-order valence-electron chi connectivity index (χ1n) is 7.30. The molecule has 0 bridgehead atoms. The highest BCUT2D eigenvalue weighted by Crippen LogP contribution is 2.28. The van der Waals surface area contributed by atoms with E-state index in [1.807, 2.05) is 4.68 Å². The van der Waals surface area contributed by atoms with Crippen molar-refractivity contribution in [3.63, 3.8) is 0 Å². The van der Waals surface area contributed by atoms with E-state index in [0.717, 1.165) is 31.2 Å². The van der Waals surface area contributed by atoms with E-state index < -0.39 is 0 Å². The molecule has 0 amide bonds. The second-order valence-corrected chi connectivity index (χ2v) is 6.95. The van der Waals surface area contributed by atoms with E-state index in [-0.39, 0.29) is 5.54 Å². The Hall–Kier alpha value is -1.03. The fraction of sp³-hybridized carbons (Fsp3) is 0.800. The molecule has 19 heavy (non-hydrogen) atoms. The van der Waals surface area contributed by atoms with Gasteiger partial charge in [0, 0.05) is 37.8 Å². The normalized spacial score (nSPS) is 20.3. The van der Waals surface area contributed by atoms with Crippen LogP contribution in [-0.4, -0.2) is 28.4 Å². The number of nitrogens with one attached hydrogen (secondary N) is 1. The number of rotatable bonds is 3. The molecule has 0 aliphatic carbocycles. The van der Waals surface area contributed by atoms with Crippen molar-refractivity contribution in [1.82, 2.24) is 15.1 Å². The first-order chi connectivity index (χ1) is 8.78. The van der Waals surface area contributed by atoms with E-state index in [2.05, 4.69) is 57.0 Å². The van der Waals surface area contributed by atoms with Crippen LogP contribution in [0.4, 0.5) is 5.82 Å². The first kappa shape index (κ1) is 14.4. The summed E-state index contributed by atoms with van der Waals surface area (Å²) in [5, 5.41) is 8.20. The van der Waals surface area contributed by atoms with Crippen molar-refractivity contribution in [3.05, 3.63) is 11.3 Å². The first-order valence-corrected chi connectivity index (χ1v) is 7.30. The summed E-state index contributed by atoms with van der Waals surface area (Å²) in [6, 6.07) is 0. The molecule has 1 aliphatic heterocycles. The van der Waals surface area contributed by atoms with Crippen molar-refractivity contribution in [2.75, 3.05) is 18.0 Å². The van der Waals surface area contributed by atoms with Crippen LogP contribution < -0.4 is 10.2 Å². The second kappa shape index (κ2) is 5.16. The van der Waals surface area contributed by atoms with Gasteiger partial charge in [-0.05, 0) is 40.0 Å². The average molecular weight is 264 g/mol. The molecule has 1 fully saturated rings. The third-order valence-corrected chi connectivity index (χ3v) is 3.83. The third kappa shape index (κ3) is 3.30. The molecule has 0 radical (unpaired) electrons. The Bertz CT molecular complexity index is 442. The number of hydrogen-bond donors (Lipinski definition) is 1. The van der Waals surface area contributed by atoms with Gasteiger partial charge in [-0.2, -0.15) is 5.10 Å². The molecule has 108 valence electrons. The van der Waals surface area contributed by atoms with E-state index in [1.165, 1.54) is 17.8 Å². The van der Waals surface area contributed by atoms with Crippen LogP contribution in [0.2, 0.25) is 0 Å². The molecule has 4 heteroatoms. The minimum atomic E-state index is 0.137. The summed E-state index contributed by atoms with van der Waals surface area (Å²) in [6.45, 7) is 14.3. The molecule has 0 saturated carbocycles. The molecule has 1 N–H and O–H groups in total. The molecule has 1 saturated heterocycles. The van der Waals surface area contributed by atoms with Gasteiger partial charge in [-0.1, -0.05) is 6.92 Å². The molecule has 4 nitrogen and oxygen atoms in total. The highest BCUT2D eigenvalue weighted by Gasteiger charge is 2.25. The zero-order valence-electron chi connectivity index (χ0n) is 13.2. The van der Waals surface area contributed by atoms with E-state index in [1.54, 1.807) is 0 Å². The van der Waals surface area contributed by atoms with Crippen molar-refractivity contribution < 1.29 is 0 Å². The van der Waals surface area contributed by atoms with Crippen LogP contribution in [0.5, 0.6) is 0 Å². The van der Waals surface area contributed by atoms with E-state index in [9.17, 15) is 0 Å². The monoisotopic (exact) mass is 264 g/mol. The zero-order valence-corrected chi connectivity index (χ0v) is 13.2. The maximum Gasteiger partial charge on any atom is 0.131 e. The van der Waals surface area contributed by atoms with Crippen LogP contribution in [0.1, 0.15) is 45.4 Å². The molecule has 1 aliphatic rings. The largest absolute Gasteiger partial charge is 0.356 e. The molecule has 2 rings (SSSR count). The van der Waals surface area contributed by atoms with Gasteiger partial charge in [-0.3, -0.25) is 4.68 Å². The topological polar surface area (TPSA) is 33.1 Å². The van der Waals surface area contributed by atoms with Gasteiger partial charge in [0.2, 0.25) is 0 Å². The quantitative estimate of drug-likeness (QED) is 0.910. The van der Waals surface area contributed by atoms with E-state index >= 15 is 0 Å². The minimum Gasteiger partial charge on any atom is -0.356 e. The molecule has 1 atom stereocenters. The van der Waals surface area contributed by atoms with Crippen LogP contribution >= 0.6 is 0 Å². The van der Waals surface area contributed by atoms with Crippen LogP contribution in [0.3, 0.4) is 0 Å². The van der Waals surface area contributed by atoms with Crippen LogP contribution in [0.25, 0.3) is 0 Å². The Morgan fingerprint density at radius 3 is 2.58 bits per heavy atom. The summed E-state index contributed by atoms with van der Waals surface area (Å²) in [5.74, 6) is 2.09. The molecular weight excluding hydrogens is 236 g/mol. The summed E-state index contributed by atoms with van der Waals surface area (Å²) in [4.78, 5) is 2.49.